The van der Waals surface area contributed by atoms with Crippen molar-refractivity contribution in [1.29, 1.82) is 0 Å². The van der Waals surface area contributed by atoms with Crippen LogP contribution in [0, 0.1) is 5.82 Å². The Morgan fingerprint density at radius 3 is 2.44 bits per heavy atom. The topological polar surface area (TPSA) is 75.3 Å². The fourth-order valence-electron chi connectivity index (χ4n) is 2.18. The van der Waals surface area contributed by atoms with Crippen LogP contribution >= 0.6 is 11.6 Å². The van der Waals surface area contributed by atoms with Gasteiger partial charge in [-0.15, -0.1) is 0 Å². The normalized spacial score (nSPS) is 14.3. The van der Waals surface area contributed by atoms with Gasteiger partial charge in [0.15, 0.2) is 0 Å². The monoisotopic (exact) mass is 382 g/mol. The zero-order valence-corrected chi connectivity index (χ0v) is 14.7. The van der Waals surface area contributed by atoms with Crippen LogP contribution in [0.3, 0.4) is 0 Å². The summed E-state index contributed by atoms with van der Waals surface area (Å²) in [6, 6.07) is 10.2. The number of halogens is 2. The molecule has 25 heavy (non-hydrogen) atoms. The third-order valence-electron chi connectivity index (χ3n) is 3.80. The van der Waals surface area contributed by atoms with E-state index < -0.39 is 15.8 Å². The quantitative estimate of drug-likeness (QED) is 0.806. The van der Waals surface area contributed by atoms with Crippen molar-refractivity contribution in [3.05, 3.63) is 64.4 Å². The number of hydrogen-bond acceptors (Lipinski definition) is 3. The van der Waals surface area contributed by atoms with Gasteiger partial charge >= 0.3 is 0 Å². The number of carbonyl (C=O) groups excluding carboxylic acids is 1. The average molecular weight is 383 g/mol. The molecule has 1 aliphatic rings. The summed E-state index contributed by atoms with van der Waals surface area (Å²) >= 11 is 5.62. The van der Waals surface area contributed by atoms with Crippen LogP contribution in [-0.2, 0) is 16.6 Å². The maximum atomic E-state index is 13.1. The van der Waals surface area contributed by atoms with Crippen LogP contribution in [0.5, 0.6) is 0 Å². The van der Waals surface area contributed by atoms with Crippen LogP contribution in [0.15, 0.2) is 47.4 Å². The highest BCUT2D eigenvalue weighted by Crippen LogP contribution is 2.20. The Hall–Kier alpha value is -1.96. The van der Waals surface area contributed by atoms with E-state index in [1.54, 1.807) is 24.3 Å². The zero-order chi connectivity index (χ0) is 18.0. The number of rotatable bonds is 6. The van der Waals surface area contributed by atoms with E-state index in [0.29, 0.717) is 11.1 Å². The molecule has 0 heterocycles. The first kappa shape index (κ1) is 17.8. The average Bonchev–Trinajstić information content (AvgIpc) is 3.40. The SMILES string of the molecule is O=C(NC1CC1)c1ccc(CNS(=O)(=O)c2ccc(F)c(Cl)c2)cc1. The molecule has 0 atom stereocenters. The van der Waals surface area contributed by atoms with Gasteiger partial charge in [0.25, 0.3) is 5.91 Å². The van der Waals surface area contributed by atoms with Crippen molar-refractivity contribution in [3.8, 4) is 0 Å². The molecular formula is C17H16ClFN2O3S. The Morgan fingerprint density at radius 2 is 1.84 bits per heavy atom. The zero-order valence-electron chi connectivity index (χ0n) is 13.1. The van der Waals surface area contributed by atoms with Gasteiger partial charge in [-0.2, -0.15) is 0 Å². The molecule has 2 N–H and O–H groups in total. The lowest BCUT2D eigenvalue weighted by Crippen LogP contribution is -2.25. The van der Waals surface area contributed by atoms with Crippen LogP contribution in [0.1, 0.15) is 28.8 Å². The molecule has 0 unspecified atom stereocenters. The van der Waals surface area contributed by atoms with Crippen LogP contribution < -0.4 is 10.0 Å². The minimum atomic E-state index is -3.81. The lowest BCUT2D eigenvalue weighted by molar-refractivity contribution is 0.0951. The molecule has 0 saturated heterocycles. The van der Waals surface area contributed by atoms with E-state index >= 15 is 0 Å². The molecule has 1 saturated carbocycles. The predicted octanol–water partition coefficient (Wildman–Crippen LogP) is 2.85. The van der Waals surface area contributed by atoms with Crippen LogP contribution in [0.4, 0.5) is 4.39 Å². The molecule has 1 aliphatic carbocycles. The molecule has 8 heteroatoms. The minimum absolute atomic E-state index is 0.0435. The summed E-state index contributed by atoms with van der Waals surface area (Å²) in [6.45, 7) is 0.0435. The van der Waals surface area contributed by atoms with E-state index in [9.17, 15) is 17.6 Å². The second-order valence-electron chi connectivity index (χ2n) is 5.85. The van der Waals surface area contributed by atoms with Crippen LogP contribution in [0.25, 0.3) is 0 Å². The molecule has 1 fully saturated rings. The maximum absolute atomic E-state index is 13.1. The van der Waals surface area contributed by atoms with E-state index in [1.165, 1.54) is 0 Å². The Labute approximate surface area is 150 Å². The summed E-state index contributed by atoms with van der Waals surface area (Å²) in [7, 11) is -3.81. The van der Waals surface area contributed by atoms with Crippen molar-refractivity contribution in [2.24, 2.45) is 0 Å². The van der Waals surface area contributed by atoms with E-state index in [0.717, 1.165) is 31.0 Å². The Bertz CT molecular complexity index is 897. The van der Waals surface area contributed by atoms with Crippen molar-refractivity contribution in [2.45, 2.75) is 30.3 Å². The first-order valence-electron chi connectivity index (χ1n) is 7.70. The van der Waals surface area contributed by atoms with Crippen molar-refractivity contribution in [2.75, 3.05) is 0 Å². The summed E-state index contributed by atoms with van der Waals surface area (Å²) in [5, 5.41) is 2.63. The third kappa shape index (κ3) is 4.56. The van der Waals surface area contributed by atoms with Crippen LogP contribution in [0.2, 0.25) is 5.02 Å². The summed E-state index contributed by atoms with van der Waals surface area (Å²) in [5.74, 6) is -0.809. The maximum Gasteiger partial charge on any atom is 0.251 e. The minimum Gasteiger partial charge on any atom is -0.349 e. The van der Waals surface area contributed by atoms with Gasteiger partial charge in [-0.25, -0.2) is 17.5 Å². The molecule has 0 aliphatic heterocycles. The third-order valence-corrected chi connectivity index (χ3v) is 5.48. The number of benzene rings is 2. The van der Waals surface area contributed by atoms with E-state index in [2.05, 4.69) is 10.0 Å². The number of carbonyl (C=O) groups is 1. The standard InChI is InChI=1S/C17H16ClFN2O3S/c18-15-9-14(7-8-16(15)19)25(23,24)20-10-11-1-3-12(4-2-11)17(22)21-13-5-6-13/h1-4,7-9,13,20H,5-6,10H2,(H,21,22). The van der Waals surface area contributed by atoms with Gasteiger partial charge in [0.2, 0.25) is 10.0 Å². The molecular weight excluding hydrogens is 367 g/mol. The van der Waals surface area contributed by atoms with Gasteiger partial charge < -0.3 is 5.32 Å². The summed E-state index contributed by atoms with van der Waals surface area (Å²) in [5.41, 5.74) is 1.23. The Kier molecular flexibility index (Phi) is 5.08. The fraction of sp³-hybridized carbons (Fsp3) is 0.235. The van der Waals surface area contributed by atoms with Gasteiger partial charge in [-0.1, -0.05) is 23.7 Å². The number of hydrogen-bond donors (Lipinski definition) is 2. The van der Waals surface area contributed by atoms with Gasteiger partial charge in [0.05, 0.1) is 9.92 Å². The Balaban J connectivity index is 1.63. The molecule has 0 aromatic heterocycles. The number of amides is 1. The molecule has 2 aromatic carbocycles. The van der Waals surface area contributed by atoms with Gasteiger partial charge in [-0.3, -0.25) is 4.79 Å². The summed E-state index contributed by atoms with van der Waals surface area (Å²) in [4.78, 5) is 11.8. The molecule has 132 valence electrons. The predicted molar refractivity (Wildman–Crippen MR) is 92.4 cm³/mol. The van der Waals surface area contributed by atoms with Crippen LogP contribution in [-0.4, -0.2) is 20.4 Å². The van der Waals surface area contributed by atoms with Gasteiger partial charge in [0, 0.05) is 18.2 Å². The van der Waals surface area contributed by atoms with Gasteiger partial charge in [-0.05, 0) is 48.7 Å². The van der Waals surface area contributed by atoms with E-state index in [-0.39, 0.29) is 28.4 Å². The molecule has 5 nitrogen and oxygen atoms in total. The molecule has 1 amide bonds. The van der Waals surface area contributed by atoms with Crippen molar-refractivity contribution < 1.29 is 17.6 Å². The smallest absolute Gasteiger partial charge is 0.251 e. The molecule has 0 radical (unpaired) electrons. The number of sulfonamides is 1. The van der Waals surface area contributed by atoms with Crippen molar-refractivity contribution in [1.82, 2.24) is 10.0 Å². The van der Waals surface area contributed by atoms with Crippen molar-refractivity contribution in [3.63, 3.8) is 0 Å². The fourth-order valence-corrected chi connectivity index (χ4v) is 3.46. The largest absolute Gasteiger partial charge is 0.349 e. The van der Waals surface area contributed by atoms with Gasteiger partial charge in [0.1, 0.15) is 5.82 Å². The summed E-state index contributed by atoms with van der Waals surface area (Å²) < 4.78 is 40.0. The summed E-state index contributed by atoms with van der Waals surface area (Å²) in [6.07, 6.45) is 2.03. The Morgan fingerprint density at radius 1 is 1.16 bits per heavy atom. The lowest BCUT2D eigenvalue weighted by atomic mass is 10.1. The highest BCUT2D eigenvalue weighted by atomic mass is 35.5. The lowest BCUT2D eigenvalue weighted by Gasteiger charge is -2.08. The molecule has 3 rings (SSSR count). The van der Waals surface area contributed by atoms with Crippen molar-refractivity contribution >= 4 is 27.5 Å². The second kappa shape index (κ2) is 7.11. The molecule has 0 bridgehead atoms. The second-order valence-corrected chi connectivity index (χ2v) is 8.02. The van der Waals surface area contributed by atoms with E-state index in [1.807, 2.05) is 0 Å². The van der Waals surface area contributed by atoms with E-state index in [4.69, 9.17) is 11.6 Å². The first-order chi connectivity index (χ1) is 11.8. The molecule has 2 aromatic rings. The highest BCUT2D eigenvalue weighted by molar-refractivity contribution is 7.89. The first-order valence-corrected chi connectivity index (χ1v) is 9.56. The molecule has 0 spiro atoms. The number of nitrogens with one attached hydrogen (secondary N) is 2. The highest BCUT2D eigenvalue weighted by Gasteiger charge is 2.23.